The number of rotatable bonds is 2. The van der Waals surface area contributed by atoms with Gasteiger partial charge in [-0.15, -0.1) is 0 Å². The van der Waals surface area contributed by atoms with Crippen LogP contribution in [-0.2, 0) is 0 Å². The van der Waals surface area contributed by atoms with Gasteiger partial charge in [-0.3, -0.25) is 0 Å². The minimum atomic E-state index is -2.77. The molecular weight excluding hydrogens is 264 g/mol. The molecule has 0 aromatic heterocycles. The fraction of sp³-hybridized carbons (Fsp3) is 1.00. The van der Waals surface area contributed by atoms with Gasteiger partial charge in [0.1, 0.15) is 0 Å². The summed E-state index contributed by atoms with van der Waals surface area (Å²) < 4.78 is 0.837. The van der Waals surface area contributed by atoms with Crippen molar-refractivity contribution in [2.45, 2.75) is 17.7 Å². The molecule has 0 aliphatic carbocycles. The van der Waals surface area contributed by atoms with E-state index in [1.54, 1.807) is 0 Å². The van der Waals surface area contributed by atoms with Crippen molar-refractivity contribution in [3.8, 4) is 0 Å². The molecule has 0 saturated carbocycles. The van der Waals surface area contributed by atoms with Crippen LogP contribution in [0.1, 0.15) is 13.3 Å². The first-order valence-electron chi connectivity index (χ1n) is 2.03. The van der Waals surface area contributed by atoms with Gasteiger partial charge in [0.05, 0.1) is 0 Å². The molecule has 0 fully saturated rings. The SMILES string of the molecule is CC[CH2][Sb]([Cl])([Cl])[Cl]. The van der Waals surface area contributed by atoms with Gasteiger partial charge in [-0.05, 0) is 0 Å². The van der Waals surface area contributed by atoms with E-state index >= 15 is 0 Å². The summed E-state index contributed by atoms with van der Waals surface area (Å²) in [6.07, 6.45) is 1.00. The Kier molecular flexibility index (Phi) is 4.55. The molecule has 0 aromatic rings. The topological polar surface area (TPSA) is 0 Å². The molecule has 1 radical (unpaired) electrons. The molecule has 4 heteroatoms. The molecule has 0 heterocycles. The van der Waals surface area contributed by atoms with E-state index in [0.29, 0.717) is 0 Å². The predicted molar refractivity (Wildman–Crippen MR) is 38.4 cm³/mol. The Balaban J connectivity index is 3.15. The van der Waals surface area contributed by atoms with Crippen LogP contribution < -0.4 is 0 Å². The van der Waals surface area contributed by atoms with Gasteiger partial charge in [0.2, 0.25) is 0 Å². The molecule has 0 aromatic carbocycles. The van der Waals surface area contributed by atoms with Crippen molar-refractivity contribution >= 4 is 41.9 Å². The van der Waals surface area contributed by atoms with Crippen molar-refractivity contribution in [1.82, 2.24) is 0 Å². The molecule has 0 bridgehead atoms. The molecule has 0 amide bonds. The Bertz CT molecular complexity index is 48.6. The third kappa shape index (κ3) is 7.69. The molecule has 0 spiro atoms. The van der Waals surface area contributed by atoms with Crippen LogP contribution in [0.25, 0.3) is 0 Å². The van der Waals surface area contributed by atoms with E-state index in [9.17, 15) is 0 Å². The Hall–Kier alpha value is 1.69. The van der Waals surface area contributed by atoms with Crippen LogP contribution in [0, 0.1) is 0 Å². The van der Waals surface area contributed by atoms with Crippen LogP contribution in [0.4, 0.5) is 0 Å². The summed E-state index contributed by atoms with van der Waals surface area (Å²) in [5, 5.41) is 0. The Morgan fingerprint density at radius 2 is 1.71 bits per heavy atom. The third-order valence-electron chi connectivity index (χ3n) is 0.477. The standard InChI is InChI=1S/C3H7.3ClH.Sb/c1-3-2;;;;/h1,3H2,2H3;3*1H;/q;;;;+3/p-3. The van der Waals surface area contributed by atoms with Gasteiger partial charge >= 0.3 is 59.6 Å². The van der Waals surface area contributed by atoms with Gasteiger partial charge in [-0.25, -0.2) is 0 Å². The molecule has 45 valence electrons. The second-order valence-electron chi connectivity index (χ2n) is 1.27. The van der Waals surface area contributed by atoms with E-state index in [2.05, 4.69) is 0 Å². The van der Waals surface area contributed by atoms with Crippen molar-refractivity contribution in [1.29, 1.82) is 0 Å². The average Bonchev–Trinajstić information content (AvgIpc) is 1.30. The van der Waals surface area contributed by atoms with E-state index < -0.39 is 15.4 Å². The molecule has 0 atom stereocenters. The van der Waals surface area contributed by atoms with E-state index in [-0.39, 0.29) is 0 Å². The summed E-state index contributed by atoms with van der Waals surface area (Å²) in [6.45, 7) is 2.02. The van der Waals surface area contributed by atoms with Gasteiger partial charge < -0.3 is 0 Å². The molecule has 0 aliphatic rings. The van der Waals surface area contributed by atoms with Crippen LogP contribution in [0.3, 0.4) is 0 Å². The van der Waals surface area contributed by atoms with E-state index in [1.807, 2.05) is 6.92 Å². The van der Waals surface area contributed by atoms with Gasteiger partial charge in [-0.2, -0.15) is 0 Å². The summed E-state index contributed by atoms with van der Waals surface area (Å²) in [5.74, 6) is 0. The van der Waals surface area contributed by atoms with Crippen molar-refractivity contribution in [2.75, 3.05) is 0 Å². The van der Waals surface area contributed by atoms with E-state index in [1.165, 1.54) is 0 Å². The normalized spacial score (nSPS) is 12.0. The third-order valence-corrected chi connectivity index (χ3v) is 6.60. The van der Waals surface area contributed by atoms with Gasteiger partial charge in [-0.1, -0.05) is 0 Å². The van der Waals surface area contributed by atoms with Crippen LogP contribution in [0.15, 0.2) is 0 Å². The molecule has 0 nitrogen and oxygen atoms in total. The van der Waals surface area contributed by atoms with Gasteiger partial charge in [0, 0.05) is 0 Å². The van der Waals surface area contributed by atoms with Crippen LogP contribution in [0.2, 0.25) is 4.37 Å². The first-order valence-corrected chi connectivity index (χ1v) is 13.5. The predicted octanol–water partition coefficient (Wildman–Crippen LogP) is 3.05. The second kappa shape index (κ2) is 3.66. The first kappa shape index (κ1) is 8.69. The number of hydrogen-bond donors (Lipinski definition) is 0. The summed E-state index contributed by atoms with van der Waals surface area (Å²) in [5.41, 5.74) is 0. The monoisotopic (exact) mass is 269 g/mol. The molecule has 7 heavy (non-hydrogen) atoms. The first-order chi connectivity index (χ1) is 3.06. The van der Waals surface area contributed by atoms with Crippen molar-refractivity contribution < 1.29 is 0 Å². The van der Waals surface area contributed by atoms with E-state index in [4.69, 9.17) is 26.5 Å². The van der Waals surface area contributed by atoms with E-state index in [0.717, 1.165) is 10.8 Å². The van der Waals surface area contributed by atoms with Crippen LogP contribution in [0.5, 0.6) is 0 Å². The fourth-order valence-corrected chi connectivity index (χ4v) is 5.10. The summed E-state index contributed by atoms with van der Waals surface area (Å²) in [7, 11) is 16.7. The summed E-state index contributed by atoms with van der Waals surface area (Å²) in [4.78, 5) is 0. The molecule has 0 saturated heterocycles. The van der Waals surface area contributed by atoms with Crippen molar-refractivity contribution in [3.05, 3.63) is 0 Å². The fourth-order valence-electron chi connectivity index (χ4n) is 0.254. The van der Waals surface area contributed by atoms with Crippen LogP contribution in [-0.4, -0.2) is 15.4 Å². The Morgan fingerprint density at radius 3 is 1.71 bits per heavy atom. The minimum absolute atomic E-state index is 0.837. The van der Waals surface area contributed by atoms with Gasteiger partial charge in [0.25, 0.3) is 0 Å². The summed E-state index contributed by atoms with van der Waals surface area (Å²) >= 11 is -2.77. The maximum atomic E-state index is 5.56. The Morgan fingerprint density at radius 1 is 1.29 bits per heavy atom. The Labute approximate surface area is 59.2 Å². The van der Waals surface area contributed by atoms with Crippen molar-refractivity contribution in [2.24, 2.45) is 0 Å². The number of halogens is 3. The quantitative estimate of drug-likeness (QED) is 0.677. The second-order valence-corrected chi connectivity index (χ2v) is 20.8. The zero-order chi connectivity index (χ0) is 5.91. The van der Waals surface area contributed by atoms with Gasteiger partial charge in [0.15, 0.2) is 0 Å². The maximum absolute atomic E-state index is 5.56. The van der Waals surface area contributed by atoms with Crippen LogP contribution >= 0.6 is 26.5 Å². The summed E-state index contributed by atoms with van der Waals surface area (Å²) in [6, 6.07) is 0. The zero-order valence-electron chi connectivity index (χ0n) is 4.00. The molecule has 0 N–H and O–H groups in total. The zero-order valence-corrected chi connectivity index (χ0v) is 8.82. The average molecular weight is 271 g/mol. The molecule has 0 unspecified atom stereocenters. The molecule has 0 aliphatic heterocycles. The molecule has 0 rings (SSSR count). The molecular formula is C3H7Cl3Sb. The van der Waals surface area contributed by atoms with Crippen molar-refractivity contribution in [3.63, 3.8) is 0 Å². The number of hydrogen-bond acceptors (Lipinski definition) is 0.